The summed E-state index contributed by atoms with van der Waals surface area (Å²) in [5, 5.41) is 8.07. The first kappa shape index (κ1) is 13.8. The molecule has 104 valence electrons. The molecule has 0 saturated heterocycles. The number of sulfonamides is 1. The van der Waals surface area contributed by atoms with Crippen molar-refractivity contribution in [2.24, 2.45) is 14.1 Å². The van der Waals surface area contributed by atoms with E-state index in [0.717, 1.165) is 11.3 Å². The van der Waals surface area contributed by atoms with Crippen LogP contribution in [0.5, 0.6) is 0 Å². The Kier molecular flexibility index (Phi) is 3.46. The van der Waals surface area contributed by atoms with Crippen molar-refractivity contribution in [3.05, 3.63) is 29.8 Å². The van der Waals surface area contributed by atoms with Crippen LogP contribution in [-0.2, 0) is 24.1 Å². The van der Waals surface area contributed by atoms with Gasteiger partial charge in [-0.2, -0.15) is 10.2 Å². The molecule has 0 radical (unpaired) electrons. The van der Waals surface area contributed by atoms with E-state index in [0.29, 0.717) is 0 Å². The molecule has 1 N–H and O–H groups in total. The predicted octanol–water partition coefficient (Wildman–Crippen LogP) is 0.502. The number of hydrogen-bond acceptors (Lipinski definition) is 4. The van der Waals surface area contributed by atoms with Crippen molar-refractivity contribution < 1.29 is 8.42 Å². The summed E-state index contributed by atoms with van der Waals surface area (Å²) in [7, 11) is -0.0860. The second-order valence-corrected chi connectivity index (χ2v) is 6.25. The van der Waals surface area contributed by atoms with Gasteiger partial charge in [0.1, 0.15) is 4.90 Å². The van der Waals surface area contributed by atoms with Crippen molar-refractivity contribution in [2.75, 3.05) is 0 Å². The van der Waals surface area contributed by atoms with Crippen LogP contribution in [0, 0.1) is 6.92 Å². The SMILES string of the molecule is Cc1nn(C)cc1[C@H](C)NS(=O)(=O)c1cnn(C)c1. The quantitative estimate of drug-likeness (QED) is 0.886. The molecule has 0 fully saturated rings. The van der Waals surface area contributed by atoms with Crippen molar-refractivity contribution in [3.63, 3.8) is 0 Å². The molecule has 2 heterocycles. The lowest BCUT2D eigenvalue weighted by atomic mass is 10.1. The minimum absolute atomic E-state index is 0.156. The number of rotatable bonds is 4. The van der Waals surface area contributed by atoms with Crippen molar-refractivity contribution >= 4 is 10.0 Å². The van der Waals surface area contributed by atoms with Crippen molar-refractivity contribution in [3.8, 4) is 0 Å². The second-order valence-electron chi connectivity index (χ2n) is 4.54. The summed E-state index contributed by atoms with van der Waals surface area (Å²) >= 11 is 0. The molecule has 0 amide bonds. The molecular weight excluding hydrogens is 266 g/mol. The molecule has 0 aliphatic carbocycles. The van der Waals surface area contributed by atoms with Crippen LogP contribution in [0.15, 0.2) is 23.5 Å². The monoisotopic (exact) mass is 283 g/mol. The fourth-order valence-electron chi connectivity index (χ4n) is 1.94. The molecular formula is C11H17N5O2S. The van der Waals surface area contributed by atoms with Gasteiger partial charge in [0, 0.05) is 38.1 Å². The molecule has 0 aromatic carbocycles. The van der Waals surface area contributed by atoms with E-state index in [2.05, 4.69) is 14.9 Å². The van der Waals surface area contributed by atoms with Gasteiger partial charge in [-0.15, -0.1) is 0 Å². The normalized spacial score (nSPS) is 13.7. The van der Waals surface area contributed by atoms with Crippen LogP contribution in [0.2, 0.25) is 0 Å². The Labute approximate surface area is 112 Å². The highest BCUT2D eigenvalue weighted by molar-refractivity contribution is 7.89. The molecule has 8 heteroatoms. The smallest absolute Gasteiger partial charge is 0.244 e. The van der Waals surface area contributed by atoms with Gasteiger partial charge in [0.05, 0.1) is 11.9 Å². The highest BCUT2D eigenvalue weighted by Crippen LogP contribution is 2.18. The standard InChI is InChI=1S/C11H17N5O2S/c1-8-11(7-16(4)13-8)9(2)14-19(17,18)10-5-12-15(3)6-10/h5-7,9,14H,1-4H3/t9-/m0/s1. The van der Waals surface area contributed by atoms with Crippen molar-refractivity contribution in [1.82, 2.24) is 24.3 Å². The molecule has 2 rings (SSSR count). The van der Waals surface area contributed by atoms with Gasteiger partial charge in [-0.25, -0.2) is 13.1 Å². The maximum absolute atomic E-state index is 12.2. The number of nitrogens with zero attached hydrogens (tertiary/aromatic N) is 4. The van der Waals surface area contributed by atoms with Gasteiger partial charge in [-0.05, 0) is 13.8 Å². The summed E-state index contributed by atoms with van der Waals surface area (Å²) in [6.07, 6.45) is 4.60. The molecule has 0 bridgehead atoms. The van der Waals surface area contributed by atoms with Gasteiger partial charge in [0.2, 0.25) is 10.0 Å². The highest BCUT2D eigenvalue weighted by Gasteiger charge is 2.21. The number of nitrogens with one attached hydrogen (secondary N) is 1. The van der Waals surface area contributed by atoms with E-state index in [-0.39, 0.29) is 10.9 Å². The average molecular weight is 283 g/mol. The molecule has 2 aromatic heterocycles. The van der Waals surface area contributed by atoms with E-state index in [1.54, 1.807) is 25.7 Å². The fourth-order valence-corrected chi connectivity index (χ4v) is 3.15. The lowest BCUT2D eigenvalue weighted by Crippen LogP contribution is -2.26. The van der Waals surface area contributed by atoms with Gasteiger partial charge in [0.25, 0.3) is 0 Å². The molecule has 19 heavy (non-hydrogen) atoms. The van der Waals surface area contributed by atoms with Crippen molar-refractivity contribution in [1.29, 1.82) is 0 Å². The summed E-state index contributed by atoms with van der Waals surface area (Å²) in [6.45, 7) is 3.64. The first-order valence-corrected chi connectivity index (χ1v) is 7.29. The lowest BCUT2D eigenvalue weighted by molar-refractivity contribution is 0.566. The summed E-state index contributed by atoms with van der Waals surface area (Å²) in [4.78, 5) is 0.156. The maximum atomic E-state index is 12.2. The van der Waals surface area contributed by atoms with Gasteiger partial charge < -0.3 is 0 Å². The maximum Gasteiger partial charge on any atom is 0.244 e. The van der Waals surface area contributed by atoms with E-state index < -0.39 is 10.0 Å². The van der Waals surface area contributed by atoms with E-state index in [1.165, 1.54) is 17.1 Å². The first-order valence-electron chi connectivity index (χ1n) is 5.80. The zero-order chi connectivity index (χ0) is 14.2. The summed E-state index contributed by atoms with van der Waals surface area (Å²) in [6, 6.07) is -0.348. The van der Waals surface area contributed by atoms with Gasteiger partial charge >= 0.3 is 0 Å². The van der Waals surface area contributed by atoms with Crippen molar-refractivity contribution in [2.45, 2.75) is 24.8 Å². The molecule has 1 atom stereocenters. The van der Waals surface area contributed by atoms with Crippen LogP contribution in [0.25, 0.3) is 0 Å². The van der Waals surface area contributed by atoms with Crippen LogP contribution in [-0.4, -0.2) is 28.0 Å². The highest BCUT2D eigenvalue weighted by atomic mass is 32.2. The molecule has 0 aliphatic heterocycles. The van der Waals surface area contributed by atoms with Crippen LogP contribution in [0.3, 0.4) is 0 Å². The minimum Gasteiger partial charge on any atom is -0.275 e. The molecule has 0 unspecified atom stereocenters. The lowest BCUT2D eigenvalue weighted by Gasteiger charge is -2.12. The molecule has 0 spiro atoms. The van der Waals surface area contributed by atoms with E-state index in [9.17, 15) is 8.42 Å². The molecule has 0 saturated carbocycles. The fraction of sp³-hybridized carbons (Fsp3) is 0.455. The number of aryl methyl sites for hydroxylation is 3. The summed E-state index contributed by atoms with van der Waals surface area (Å²) in [5.41, 5.74) is 1.67. The average Bonchev–Trinajstić information content (AvgIpc) is 2.84. The van der Waals surface area contributed by atoms with Crippen LogP contribution in [0.4, 0.5) is 0 Å². The van der Waals surface area contributed by atoms with Gasteiger partial charge in [-0.1, -0.05) is 0 Å². The van der Waals surface area contributed by atoms with Gasteiger partial charge in [-0.3, -0.25) is 9.36 Å². The van der Waals surface area contributed by atoms with E-state index in [1.807, 2.05) is 13.1 Å². The summed E-state index contributed by atoms with van der Waals surface area (Å²) in [5.74, 6) is 0. The van der Waals surface area contributed by atoms with E-state index in [4.69, 9.17) is 0 Å². The van der Waals surface area contributed by atoms with Gasteiger partial charge in [0.15, 0.2) is 0 Å². The second kappa shape index (κ2) is 4.78. The Morgan fingerprint density at radius 2 is 1.95 bits per heavy atom. The minimum atomic E-state index is -3.56. The Bertz CT molecular complexity index is 686. The first-order chi connectivity index (χ1) is 8.79. The molecule has 2 aromatic rings. The zero-order valence-corrected chi connectivity index (χ0v) is 12.1. The largest absolute Gasteiger partial charge is 0.275 e. The third kappa shape index (κ3) is 2.85. The Hall–Kier alpha value is -1.67. The predicted molar refractivity (Wildman–Crippen MR) is 69.9 cm³/mol. The van der Waals surface area contributed by atoms with Crippen LogP contribution >= 0.6 is 0 Å². The third-order valence-electron chi connectivity index (χ3n) is 2.84. The Morgan fingerprint density at radius 1 is 1.26 bits per heavy atom. The van der Waals surface area contributed by atoms with Crippen LogP contribution in [0.1, 0.15) is 24.2 Å². The molecule has 0 aliphatic rings. The Balaban J connectivity index is 2.23. The number of hydrogen-bond donors (Lipinski definition) is 1. The zero-order valence-electron chi connectivity index (χ0n) is 11.3. The molecule has 7 nitrogen and oxygen atoms in total. The Morgan fingerprint density at radius 3 is 2.42 bits per heavy atom. The summed E-state index contributed by atoms with van der Waals surface area (Å²) < 4.78 is 30.1. The number of aromatic nitrogens is 4. The third-order valence-corrected chi connectivity index (χ3v) is 4.34. The van der Waals surface area contributed by atoms with Crippen LogP contribution < -0.4 is 4.72 Å². The topological polar surface area (TPSA) is 81.8 Å². The van der Waals surface area contributed by atoms with E-state index >= 15 is 0 Å².